The molecule has 208 valence electrons. The van der Waals surface area contributed by atoms with E-state index < -0.39 is 28.5 Å². The third-order valence-electron chi connectivity index (χ3n) is 6.05. The number of carbonyl (C=O) groups is 2. The molecule has 0 saturated heterocycles. The van der Waals surface area contributed by atoms with Crippen LogP contribution in [0, 0.1) is 0 Å². The minimum Gasteiger partial charge on any atom is -0.497 e. The highest BCUT2D eigenvalue weighted by molar-refractivity contribution is 7.92. The summed E-state index contributed by atoms with van der Waals surface area (Å²) >= 11 is 6.06. The molecule has 1 N–H and O–H groups in total. The highest BCUT2D eigenvalue weighted by Gasteiger charge is 2.33. The van der Waals surface area contributed by atoms with Crippen molar-refractivity contribution in [2.75, 3.05) is 18.0 Å². The van der Waals surface area contributed by atoms with Crippen LogP contribution in [0.4, 0.5) is 5.69 Å². The third kappa shape index (κ3) is 7.74. The van der Waals surface area contributed by atoms with E-state index in [4.69, 9.17) is 16.3 Å². The van der Waals surface area contributed by atoms with Crippen molar-refractivity contribution >= 4 is 39.1 Å². The van der Waals surface area contributed by atoms with Crippen LogP contribution in [0.25, 0.3) is 0 Å². The molecule has 0 spiro atoms. The predicted octanol–water partition coefficient (Wildman–Crippen LogP) is 4.88. The SMILES string of the molecule is CCC(C(=O)NC(C)C)N(Cc1ccc(OC)cc1)C(=O)CN(c1ccc(Cl)cc1)S(=O)(=O)c1ccccc1. The van der Waals surface area contributed by atoms with Gasteiger partial charge in [-0.25, -0.2) is 8.42 Å². The van der Waals surface area contributed by atoms with E-state index in [1.54, 1.807) is 61.7 Å². The predicted molar refractivity (Wildman–Crippen MR) is 153 cm³/mol. The van der Waals surface area contributed by atoms with Crippen molar-refractivity contribution in [1.29, 1.82) is 0 Å². The summed E-state index contributed by atoms with van der Waals surface area (Å²) < 4.78 is 33.8. The Hall–Kier alpha value is -3.56. The number of halogens is 1. The zero-order valence-corrected chi connectivity index (χ0v) is 24.1. The number of anilines is 1. The summed E-state index contributed by atoms with van der Waals surface area (Å²) in [6.07, 6.45) is 0.340. The number of carbonyl (C=O) groups excluding carboxylic acids is 2. The molecule has 2 amide bonds. The van der Waals surface area contributed by atoms with Crippen LogP contribution in [0.3, 0.4) is 0 Å². The summed E-state index contributed by atoms with van der Waals surface area (Å²) in [4.78, 5) is 28.6. The standard InChI is InChI=1S/C29H34ClN3O5S/c1-5-27(29(35)31-21(2)3)32(19-22-11-17-25(38-4)18-12-22)28(34)20-33(24-15-13-23(30)14-16-24)39(36,37)26-9-7-6-8-10-26/h6-18,21,27H,5,19-20H2,1-4H3,(H,31,35). The van der Waals surface area contributed by atoms with Gasteiger partial charge in [-0.05, 0) is 74.4 Å². The van der Waals surface area contributed by atoms with Crippen molar-refractivity contribution in [2.24, 2.45) is 0 Å². The zero-order valence-electron chi connectivity index (χ0n) is 22.5. The van der Waals surface area contributed by atoms with E-state index >= 15 is 0 Å². The molecule has 0 saturated carbocycles. The summed E-state index contributed by atoms with van der Waals surface area (Å²) in [6.45, 7) is 5.09. The summed E-state index contributed by atoms with van der Waals surface area (Å²) in [5.41, 5.74) is 1.05. The summed E-state index contributed by atoms with van der Waals surface area (Å²) in [7, 11) is -2.56. The Morgan fingerprint density at radius 1 is 0.949 bits per heavy atom. The van der Waals surface area contributed by atoms with Gasteiger partial charge in [-0.2, -0.15) is 0 Å². The van der Waals surface area contributed by atoms with Gasteiger partial charge in [0.25, 0.3) is 10.0 Å². The number of nitrogens with one attached hydrogen (secondary N) is 1. The molecular weight excluding hydrogens is 538 g/mol. The lowest BCUT2D eigenvalue weighted by Crippen LogP contribution is -2.53. The quantitative estimate of drug-likeness (QED) is 0.334. The van der Waals surface area contributed by atoms with Gasteiger partial charge < -0.3 is 15.0 Å². The highest BCUT2D eigenvalue weighted by atomic mass is 35.5. The van der Waals surface area contributed by atoms with Crippen LogP contribution in [0.1, 0.15) is 32.8 Å². The molecule has 0 aromatic heterocycles. The fourth-order valence-corrected chi connectivity index (χ4v) is 5.64. The molecule has 3 rings (SSSR count). The number of hydrogen-bond donors (Lipinski definition) is 1. The fraction of sp³-hybridized carbons (Fsp3) is 0.310. The summed E-state index contributed by atoms with van der Waals surface area (Å²) in [5, 5.41) is 3.31. The maximum atomic E-state index is 14.0. The number of benzene rings is 3. The van der Waals surface area contributed by atoms with E-state index in [0.717, 1.165) is 9.87 Å². The van der Waals surface area contributed by atoms with E-state index in [0.29, 0.717) is 17.2 Å². The van der Waals surface area contributed by atoms with Gasteiger partial charge in [0, 0.05) is 17.6 Å². The van der Waals surface area contributed by atoms with Gasteiger partial charge >= 0.3 is 0 Å². The fourth-order valence-electron chi connectivity index (χ4n) is 4.08. The molecule has 1 atom stereocenters. The lowest BCUT2D eigenvalue weighted by atomic mass is 10.1. The number of methoxy groups -OCH3 is 1. The van der Waals surface area contributed by atoms with Crippen molar-refractivity contribution in [3.63, 3.8) is 0 Å². The molecule has 0 fully saturated rings. The van der Waals surface area contributed by atoms with Gasteiger partial charge in [0.1, 0.15) is 18.3 Å². The minimum absolute atomic E-state index is 0.0408. The second-order valence-electron chi connectivity index (χ2n) is 9.26. The second kappa shape index (κ2) is 13.5. The molecule has 0 heterocycles. The van der Waals surface area contributed by atoms with Crippen LogP contribution in [0.5, 0.6) is 5.75 Å². The summed E-state index contributed by atoms with van der Waals surface area (Å²) in [6, 6.07) is 20.3. The van der Waals surface area contributed by atoms with E-state index in [-0.39, 0.29) is 29.1 Å². The molecular formula is C29H34ClN3O5S. The molecule has 0 radical (unpaired) electrons. The molecule has 10 heteroatoms. The normalized spacial score (nSPS) is 12.1. The number of hydrogen-bond acceptors (Lipinski definition) is 5. The first-order valence-electron chi connectivity index (χ1n) is 12.6. The number of amides is 2. The Morgan fingerprint density at radius 2 is 1.56 bits per heavy atom. The van der Waals surface area contributed by atoms with Crippen LogP contribution in [-0.2, 0) is 26.2 Å². The Bertz CT molecular complexity index is 1350. The monoisotopic (exact) mass is 571 g/mol. The van der Waals surface area contributed by atoms with Gasteiger partial charge in [0.15, 0.2) is 0 Å². The van der Waals surface area contributed by atoms with Crippen molar-refractivity contribution in [3.8, 4) is 5.75 Å². The number of ether oxygens (including phenoxy) is 1. The van der Waals surface area contributed by atoms with Crippen molar-refractivity contribution in [2.45, 2.75) is 50.7 Å². The van der Waals surface area contributed by atoms with Crippen LogP contribution < -0.4 is 14.4 Å². The maximum absolute atomic E-state index is 14.0. The first-order chi connectivity index (χ1) is 18.6. The van der Waals surface area contributed by atoms with Crippen molar-refractivity contribution in [3.05, 3.63) is 89.4 Å². The molecule has 0 aliphatic carbocycles. The lowest BCUT2D eigenvalue weighted by Gasteiger charge is -2.33. The molecule has 0 bridgehead atoms. The average molecular weight is 572 g/mol. The molecule has 39 heavy (non-hydrogen) atoms. The Kier molecular flexibility index (Phi) is 10.4. The van der Waals surface area contributed by atoms with Crippen LogP contribution in [0.15, 0.2) is 83.8 Å². The maximum Gasteiger partial charge on any atom is 0.264 e. The van der Waals surface area contributed by atoms with E-state index in [1.807, 2.05) is 32.9 Å². The zero-order chi connectivity index (χ0) is 28.6. The van der Waals surface area contributed by atoms with E-state index in [1.165, 1.54) is 17.0 Å². The molecule has 3 aromatic carbocycles. The molecule has 0 aliphatic heterocycles. The second-order valence-corrected chi connectivity index (χ2v) is 11.6. The van der Waals surface area contributed by atoms with Crippen molar-refractivity contribution in [1.82, 2.24) is 10.2 Å². The van der Waals surface area contributed by atoms with Gasteiger partial charge in [-0.3, -0.25) is 13.9 Å². The summed E-state index contributed by atoms with van der Waals surface area (Å²) in [5.74, 6) is -0.173. The van der Waals surface area contributed by atoms with Gasteiger partial charge in [-0.15, -0.1) is 0 Å². The average Bonchev–Trinajstić information content (AvgIpc) is 2.92. The Morgan fingerprint density at radius 3 is 2.10 bits per heavy atom. The Labute approximate surface area is 235 Å². The largest absolute Gasteiger partial charge is 0.497 e. The van der Waals surface area contributed by atoms with Crippen LogP contribution in [-0.4, -0.2) is 50.9 Å². The smallest absolute Gasteiger partial charge is 0.264 e. The van der Waals surface area contributed by atoms with Crippen LogP contribution >= 0.6 is 11.6 Å². The van der Waals surface area contributed by atoms with E-state index in [9.17, 15) is 18.0 Å². The minimum atomic E-state index is -4.12. The number of sulfonamides is 1. The first kappa shape index (κ1) is 30.0. The number of rotatable bonds is 12. The van der Waals surface area contributed by atoms with Crippen LogP contribution in [0.2, 0.25) is 5.02 Å². The molecule has 0 aliphatic rings. The van der Waals surface area contributed by atoms with Gasteiger partial charge in [0.05, 0.1) is 17.7 Å². The van der Waals surface area contributed by atoms with Gasteiger partial charge in [-0.1, -0.05) is 48.9 Å². The molecule has 3 aromatic rings. The van der Waals surface area contributed by atoms with Gasteiger partial charge in [0.2, 0.25) is 11.8 Å². The Balaban J connectivity index is 2.04. The third-order valence-corrected chi connectivity index (χ3v) is 8.09. The lowest BCUT2D eigenvalue weighted by molar-refractivity contribution is -0.140. The number of nitrogens with zero attached hydrogens (tertiary/aromatic N) is 2. The topological polar surface area (TPSA) is 96.0 Å². The van der Waals surface area contributed by atoms with Crippen molar-refractivity contribution < 1.29 is 22.7 Å². The first-order valence-corrected chi connectivity index (χ1v) is 14.4. The van der Waals surface area contributed by atoms with E-state index in [2.05, 4.69) is 5.32 Å². The highest BCUT2D eigenvalue weighted by Crippen LogP contribution is 2.26. The molecule has 8 nitrogen and oxygen atoms in total. The molecule has 1 unspecified atom stereocenters.